The first-order valence-corrected chi connectivity index (χ1v) is 8.25. The number of rotatable bonds is 9. The summed E-state index contributed by atoms with van der Waals surface area (Å²) >= 11 is 0. The van der Waals surface area contributed by atoms with Gasteiger partial charge in [-0.3, -0.25) is 0 Å². The van der Waals surface area contributed by atoms with Crippen LogP contribution in [0.15, 0.2) is 34.3 Å². The Labute approximate surface area is 152 Å². The van der Waals surface area contributed by atoms with E-state index in [4.69, 9.17) is 19.2 Å². The van der Waals surface area contributed by atoms with Gasteiger partial charge >= 0.3 is 0 Å². The molecule has 2 aromatic rings. The quantitative estimate of drug-likeness (QED) is 0.412. The first-order chi connectivity index (χ1) is 12.6. The van der Waals surface area contributed by atoms with E-state index in [1.165, 1.54) is 0 Å². The Bertz CT molecular complexity index is 834. The highest BCUT2D eigenvalue weighted by Crippen LogP contribution is 2.28. The SMILES string of the molecule is C=C(C)c1nc(C#N)c(N/N=C/c2ccc(OCCCC)c(OC)c2)o1. The topological polar surface area (TPSA) is 92.7 Å². The van der Waals surface area contributed by atoms with Crippen LogP contribution in [0.5, 0.6) is 11.5 Å². The third-order valence-electron chi connectivity index (χ3n) is 3.42. The van der Waals surface area contributed by atoms with Crippen molar-refractivity contribution in [2.45, 2.75) is 26.7 Å². The van der Waals surface area contributed by atoms with Gasteiger partial charge in [-0.05, 0) is 37.1 Å². The standard InChI is InChI=1S/C19H22N4O3/c1-5-6-9-25-16-8-7-14(10-17(16)24-4)12-21-23-19-15(11-20)22-18(26-19)13(2)3/h7-8,10,12,23H,2,5-6,9H2,1,3-4H3/b21-12+. The molecule has 0 aliphatic heterocycles. The molecule has 0 saturated carbocycles. The van der Waals surface area contributed by atoms with Gasteiger partial charge in [0.15, 0.2) is 11.5 Å². The summed E-state index contributed by atoms with van der Waals surface area (Å²) in [7, 11) is 1.59. The van der Waals surface area contributed by atoms with Gasteiger partial charge in [-0.1, -0.05) is 19.9 Å². The highest BCUT2D eigenvalue weighted by Gasteiger charge is 2.12. The number of nitriles is 1. The van der Waals surface area contributed by atoms with E-state index in [1.807, 2.05) is 24.3 Å². The van der Waals surface area contributed by atoms with Crippen LogP contribution >= 0.6 is 0 Å². The Hall–Kier alpha value is -3.27. The number of oxazole rings is 1. The van der Waals surface area contributed by atoms with Gasteiger partial charge < -0.3 is 13.9 Å². The summed E-state index contributed by atoms with van der Waals surface area (Å²) in [6, 6.07) is 7.47. The van der Waals surface area contributed by atoms with E-state index in [0.717, 1.165) is 18.4 Å². The molecule has 0 radical (unpaired) electrons. The Balaban J connectivity index is 2.08. The van der Waals surface area contributed by atoms with Crippen LogP contribution in [0.3, 0.4) is 0 Å². The molecule has 0 spiro atoms. The Kier molecular flexibility index (Phi) is 6.80. The van der Waals surface area contributed by atoms with Crippen molar-refractivity contribution in [2.24, 2.45) is 5.10 Å². The number of hydrazone groups is 1. The molecular weight excluding hydrogens is 332 g/mol. The minimum absolute atomic E-state index is 0.123. The van der Waals surface area contributed by atoms with Gasteiger partial charge in [0.25, 0.3) is 5.88 Å². The molecule has 1 aromatic carbocycles. The van der Waals surface area contributed by atoms with Crippen molar-refractivity contribution in [2.75, 3.05) is 19.1 Å². The zero-order chi connectivity index (χ0) is 18.9. The molecule has 0 bridgehead atoms. The summed E-state index contributed by atoms with van der Waals surface area (Å²) in [5.41, 5.74) is 4.24. The number of hydrogen-bond donors (Lipinski definition) is 1. The van der Waals surface area contributed by atoms with Crippen molar-refractivity contribution >= 4 is 17.7 Å². The lowest BCUT2D eigenvalue weighted by atomic mass is 10.2. The lowest BCUT2D eigenvalue weighted by molar-refractivity contribution is 0.288. The first kappa shape index (κ1) is 19.1. The van der Waals surface area contributed by atoms with Crippen molar-refractivity contribution in [3.05, 3.63) is 41.9 Å². The first-order valence-electron chi connectivity index (χ1n) is 8.25. The smallest absolute Gasteiger partial charge is 0.252 e. The zero-order valence-electron chi connectivity index (χ0n) is 15.2. The second kappa shape index (κ2) is 9.28. The fourth-order valence-electron chi connectivity index (χ4n) is 2.03. The molecule has 0 saturated heterocycles. The van der Waals surface area contributed by atoms with E-state index in [1.54, 1.807) is 20.2 Å². The van der Waals surface area contributed by atoms with E-state index in [0.29, 0.717) is 29.6 Å². The monoisotopic (exact) mass is 354 g/mol. The van der Waals surface area contributed by atoms with Crippen molar-refractivity contribution in [1.29, 1.82) is 5.26 Å². The van der Waals surface area contributed by atoms with E-state index in [9.17, 15) is 0 Å². The molecule has 0 atom stereocenters. The summed E-state index contributed by atoms with van der Waals surface area (Å²) in [5.74, 6) is 1.80. The average molecular weight is 354 g/mol. The number of ether oxygens (including phenoxy) is 2. The lowest BCUT2D eigenvalue weighted by Crippen LogP contribution is -1.99. The molecule has 136 valence electrons. The molecule has 0 amide bonds. The number of benzene rings is 1. The van der Waals surface area contributed by atoms with E-state index in [2.05, 4.69) is 29.0 Å². The Morgan fingerprint density at radius 2 is 2.27 bits per heavy atom. The van der Waals surface area contributed by atoms with Gasteiger partial charge in [0.1, 0.15) is 6.07 Å². The Morgan fingerprint density at radius 3 is 2.92 bits per heavy atom. The largest absolute Gasteiger partial charge is 0.493 e. The summed E-state index contributed by atoms with van der Waals surface area (Å²) in [6.07, 6.45) is 3.64. The molecule has 1 N–H and O–H groups in total. The molecular formula is C19H22N4O3. The number of nitrogens with zero attached hydrogens (tertiary/aromatic N) is 3. The number of anilines is 1. The minimum atomic E-state index is 0.123. The number of aromatic nitrogens is 1. The second-order valence-electron chi connectivity index (χ2n) is 5.57. The fraction of sp³-hybridized carbons (Fsp3) is 0.316. The highest BCUT2D eigenvalue weighted by atomic mass is 16.5. The minimum Gasteiger partial charge on any atom is -0.493 e. The predicted octanol–water partition coefficient (Wildman–Crippen LogP) is 4.21. The van der Waals surface area contributed by atoms with Crippen molar-refractivity contribution < 1.29 is 13.9 Å². The van der Waals surface area contributed by atoms with Crippen LogP contribution in [-0.2, 0) is 0 Å². The van der Waals surface area contributed by atoms with Crippen molar-refractivity contribution in [1.82, 2.24) is 4.98 Å². The van der Waals surface area contributed by atoms with Crippen LogP contribution < -0.4 is 14.9 Å². The molecule has 26 heavy (non-hydrogen) atoms. The van der Waals surface area contributed by atoms with Gasteiger partial charge in [-0.2, -0.15) is 15.3 Å². The predicted molar refractivity (Wildman–Crippen MR) is 101 cm³/mol. The van der Waals surface area contributed by atoms with Crippen LogP contribution in [0.4, 0.5) is 5.88 Å². The lowest BCUT2D eigenvalue weighted by Gasteiger charge is -2.10. The number of nitrogens with one attached hydrogen (secondary N) is 1. The molecule has 7 nitrogen and oxygen atoms in total. The van der Waals surface area contributed by atoms with Crippen LogP contribution in [0, 0.1) is 11.3 Å². The zero-order valence-corrected chi connectivity index (χ0v) is 15.2. The molecule has 7 heteroatoms. The maximum absolute atomic E-state index is 9.09. The second-order valence-corrected chi connectivity index (χ2v) is 5.57. The third-order valence-corrected chi connectivity index (χ3v) is 3.42. The maximum Gasteiger partial charge on any atom is 0.252 e. The molecule has 0 aliphatic carbocycles. The summed E-state index contributed by atoms with van der Waals surface area (Å²) in [6.45, 7) is 8.24. The number of allylic oxidation sites excluding steroid dienone is 1. The van der Waals surface area contributed by atoms with Gasteiger partial charge in [0, 0.05) is 5.57 Å². The van der Waals surface area contributed by atoms with Gasteiger partial charge in [0.2, 0.25) is 11.6 Å². The summed E-state index contributed by atoms with van der Waals surface area (Å²) < 4.78 is 16.5. The van der Waals surface area contributed by atoms with Gasteiger partial charge in [-0.25, -0.2) is 5.43 Å². The third kappa shape index (κ3) is 4.86. The van der Waals surface area contributed by atoms with Crippen LogP contribution in [0.25, 0.3) is 5.57 Å². The normalized spacial score (nSPS) is 10.5. The van der Waals surface area contributed by atoms with E-state index >= 15 is 0 Å². The summed E-state index contributed by atoms with van der Waals surface area (Å²) in [4.78, 5) is 4.03. The fourth-order valence-corrected chi connectivity index (χ4v) is 2.03. The molecule has 1 heterocycles. The molecule has 0 fully saturated rings. The van der Waals surface area contributed by atoms with Crippen LogP contribution in [0.1, 0.15) is 43.8 Å². The molecule has 1 aromatic heterocycles. The molecule has 0 unspecified atom stereocenters. The highest BCUT2D eigenvalue weighted by molar-refractivity contribution is 5.81. The van der Waals surface area contributed by atoms with Crippen molar-refractivity contribution in [3.8, 4) is 17.6 Å². The van der Waals surface area contributed by atoms with Crippen LogP contribution in [-0.4, -0.2) is 24.9 Å². The number of methoxy groups -OCH3 is 1. The van der Waals surface area contributed by atoms with E-state index in [-0.39, 0.29) is 11.6 Å². The number of hydrogen-bond acceptors (Lipinski definition) is 7. The maximum atomic E-state index is 9.09. The van der Waals surface area contributed by atoms with Gasteiger partial charge in [0.05, 0.1) is 19.9 Å². The van der Waals surface area contributed by atoms with E-state index < -0.39 is 0 Å². The van der Waals surface area contributed by atoms with Crippen molar-refractivity contribution in [3.63, 3.8) is 0 Å². The van der Waals surface area contributed by atoms with Gasteiger partial charge in [-0.15, -0.1) is 0 Å². The Morgan fingerprint density at radius 1 is 1.46 bits per heavy atom. The molecule has 0 aliphatic rings. The molecule has 2 rings (SSSR count). The summed E-state index contributed by atoms with van der Waals surface area (Å²) in [5, 5.41) is 13.2. The average Bonchev–Trinajstić information content (AvgIpc) is 3.06. The van der Waals surface area contributed by atoms with Crippen LogP contribution in [0.2, 0.25) is 0 Å². The number of unbranched alkanes of at least 4 members (excludes halogenated alkanes) is 1.